The van der Waals surface area contributed by atoms with Crippen molar-refractivity contribution >= 4 is 12.0 Å². The molecule has 0 heterocycles. The van der Waals surface area contributed by atoms with E-state index in [0.29, 0.717) is 5.57 Å². The molecule has 0 aromatic rings. The maximum atomic E-state index is 10.7. The van der Waals surface area contributed by atoms with Crippen molar-refractivity contribution in [2.24, 2.45) is 11.5 Å². The van der Waals surface area contributed by atoms with Gasteiger partial charge in [-0.1, -0.05) is 19.2 Å². The first-order chi connectivity index (χ1) is 6.31. The number of nitrogens with two attached hydrogens (primary N) is 2. The van der Waals surface area contributed by atoms with Crippen LogP contribution in [0.5, 0.6) is 0 Å². The minimum atomic E-state index is -0.833. The van der Waals surface area contributed by atoms with Crippen molar-refractivity contribution in [1.29, 1.82) is 0 Å². The van der Waals surface area contributed by atoms with Crippen LogP contribution in [0.25, 0.3) is 0 Å². The van der Waals surface area contributed by atoms with Gasteiger partial charge in [-0.15, -0.1) is 0 Å². The smallest absolute Gasteiger partial charge is 0.333 e. The van der Waals surface area contributed by atoms with E-state index in [9.17, 15) is 4.79 Å². The highest BCUT2D eigenvalue weighted by Gasteiger charge is 2.05. The molecule has 0 aliphatic carbocycles. The van der Waals surface area contributed by atoms with Gasteiger partial charge in [-0.3, -0.25) is 0 Å². The molecule has 2 amide bonds. The summed E-state index contributed by atoms with van der Waals surface area (Å²) >= 11 is 0. The molecule has 0 saturated heterocycles. The summed E-state index contributed by atoms with van der Waals surface area (Å²) in [6.45, 7) is 10.3. The third-order valence-electron chi connectivity index (χ3n) is 0.973. The van der Waals surface area contributed by atoms with Gasteiger partial charge in [0.1, 0.15) is 6.10 Å². The van der Waals surface area contributed by atoms with Crippen molar-refractivity contribution in [3.05, 3.63) is 24.8 Å². The number of esters is 1. The van der Waals surface area contributed by atoms with E-state index in [0.717, 1.165) is 0 Å². The van der Waals surface area contributed by atoms with Crippen LogP contribution in [-0.4, -0.2) is 18.1 Å². The third-order valence-corrected chi connectivity index (χ3v) is 0.973. The van der Waals surface area contributed by atoms with Crippen molar-refractivity contribution < 1.29 is 14.3 Å². The quantitative estimate of drug-likeness (QED) is 0.399. The second-order valence-electron chi connectivity index (χ2n) is 2.53. The number of ether oxygens (including phenoxy) is 1. The number of hydrogen-bond donors (Lipinski definition) is 2. The summed E-state index contributed by atoms with van der Waals surface area (Å²) in [6.07, 6.45) is 1.32. The topological polar surface area (TPSA) is 95.4 Å². The predicted octanol–water partition coefficient (Wildman–Crippen LogP) is 0.704. The van der Waals surface area contributed by atoms with Gasteiger partial charge in [0.2, 0.25) is 0 Å². The first kappa shape index (κ1) is 14.7. The standard InChI is InChI=1S/C8H12O2.CH4N2O/c1-5-7(4)10-8(9)6(2)3;2-1(3)4/h5,7H,1-2H2,3-4H3;(H4,2,3,4). The zero-order valence-corrected chi connectivity index (χ0v) is 8.45. The second kappa shape index (κ2) is 7.85. The molecule has 0 fully saturated rings. The molecule has 0 aromatic carbocycles. The Balaban J connectivity index is 0. The van der Waals surface area contributed by atoms with Gasteiger partial charge in [0, 0.05) is 5.57 Å². The molecule has 4 N–H and O–H groups in total. The zero-order valence-electron chi connectivity index (χ0n) is 8.45. The molecule has 14 heavy (non-hydrogen) atoms. The monoisotopic (exact) mass is 200 g/mol. The molecule has 1 unspecified atom stereocenters. The van der Waals surface area contributed by atoms with E-state index in [-0.39, 0.29) is 12.1 Å². The van der Waals surface area contributed by atoms with Crippen molar-refractivity contribution in [2.75, 3.05) is 0 Å². The molecule has 0 bridgehead atoms. The number of primary amides is 2. The molecule has 0 aliphatic heterocycles. The van der Waals surface area contributed by atoms with Crippen LogP contribution in [-0.2, 0) is 9.53 Å². The van der Waals surface area contributed by atoms with Gasteiger partial charge in [0.05, 0.1) is 0 Å². The molecule has 1 atom stereocenters. The van der Waals surface area contributed by atoms with E-state index in [2.05, 4.69) is 24.6 Å². The van der Waals surface area contributed by atoms with Crippen LogP contribution in [0.3, 0.4) is 0 Å². The Kier molecular flexibility index (Phi) is 8.26. The third kappa shape index (κ3) is 12.9. The molecular weight excluding hydrogens is 184 g/mol. The number of carbonyl (C=O) groups is 2. The average Bonchev–Trinajstić information content (AvgIpc) is 2.02. The minimum Gasteiger partial charge on any atom is -0.455 e. The number of amides is 2. The average molecular weight is 200 g/mol. The van der Waals surface area contributed by atoms with Gasteiger partial charge >= 0.3 is 12.0 Å². The van der Waals surface area contributed by atoms with Crippen LogP contribution in [0.1, 0.15) is 13.8 Å². The van der Waals surface area contributed by atoms with Crippen LogP contribution in [0.4, 0.5) is 4.79 Å². The van der Waals surface area contributed by atoms with Gasteiger partial charge < -0.3 is 16.2 Å². The Morgan fingerprint density at radius 1 is 1.43 bits per heavy atom. The molecular formula is C9H16N2O3. The van der Waals surface area contributed by atoms with Gasteiger partial charge in [-0.05, 0) is 13.8 Å². The van der Waals surface area contributed by atoms with E-state index in [4.69, 9.17) is 9.53 Å². The van der Waals surface area contributed by atoms with Crippen molar-refractivity contribution in [3.8, 4) is 0 Å². The lowest BCUT2D eigenvalue weighted by Gasteiger charge is -2.07. The number of urea groups is 1. The van der Waals surface area contributed by atoms with Crippen LogP contribution >= 0.6 is 0 Å². The predicted molar refractivity (Wildman–Crippen MR) is 54.3 cm³/mol. The minimum absolute atomic E-state index is 0.232. The Morgan fingerprint density at radius 2 is 1.79 bits per heavy atom. The van der Waals surface area contributed by atoms with Crippen LogP contribution < -0.4 is 11.5 Å². The molecule has 5 heteroatoms. The summed E-state index contributed by atoms with van der Waals surface area (Å²) in [5, 5.41) is 0. The van der Waals surface area contributed by atoms with Crippen LogP contribution in [0, 0.1) is 0 Å². The summed E-state index contributed by atoms with van der Waals surface area (Å²) in [5.41, 5.74) is 8.91. The second-order valence-corrected chi connectivity index (χ2v) is 2.53. The Morgan fingerprint density at radius 3 is 2.00 bits per heavy atom. The summed E-state index contributed by atoms with van der Waals surface area (Å²) < 4.78 is 4.80. The molecule has 0 saturated carbocycles. The van der Waals surface area contributed by atoms with Gasteiger partial charge in [0.15, 0.2) is 0 Å². The van der Waals surface area contributed by atoms with E-state index in [1.165, 1.54) is 0 Å². The molecule has 0 radical (unpaired) electrons. The summed E-state index contributed by atoms with van der Waals surface area (Å²) in [7, 11) is 0. The summed E-state index contributed by atoms with van der Waals surface area (Å²) in [6, 6.07) is -0.833. The SMILES string of the molecule is C=CC(C)OC(=O)C(=C)C.NC(N)=O. The highest BCUT2D eigenvalue weighted by atomic mass is 16.5. The molecule has 0 aliphatic rings. The fraction of sp³-hybridized carbons (Fsp3) is 0.333. The number of rotatable bonds is 3. The summed E-state index contributed by atoms with van der Waals surface area (Å²) in [5.74, 6) is -0.368. The van der Waals surface area contributed by atoms with Gasteiger partial charge in [-0.25, -0.2) is 9.59 Å². The van der Waals surface area contributed by atoms with E-state index < -0.39 is 6.03 Å². The normalized spacial score (nSPS) is 10.1. The highest BCUT2D eigenvalue weighted by molar-refractivity contribution is 5.87. The fourth-order valence-corrected chi connectivity index (χ4v) is 0.318. The molecule has 0 rings (SSSR count). The lowest BCUT2D eigenvalue weighted by Crippen LogP contribution is -2.18. The maximum absolute atomic E-state index is 10.7. The molecule has 80 valence electrons. The lowest BCUT2D eigenvalue weighted by molar-refractivity contribution is -0.141. The maximum Gasteiger partial charge on any atom is 0.333 e. The van der Waals surface area contributed by atoms with Gasteiger partial charge in [-0.2, -0.15) is 0 Å². The molecule has 0 spiro atoms. The molecule has 5 nitrogen and oxygen atoms in total. The Bertz CT molecular complexity index is 232. The Hall–Kier alpha value is -1.78. The Labute approximate surface area is 83.4 Å². The van der Waals surface area contributed by atoms with Gasteiger partial charge in [0.25, 0.3) is 0 Å². The van der Waals surface area contributed by atoms with Crippen LogP contribution in [0.2, 0.25) is 0 Å². The van der Waals surface area contributed by atoms with Crippen LogP contribution in [0.15, 0.2) is 24.8 Å². The molecule has 0 aromatic heterocycles. The zero-order chi connectivity index (χ0) is 11.7. The summed E-state index contributed by atoms with van der Waals surface area (Å²) in [4.78, 5) is 19.7. The van der Waals surface area contributed by atoms with Crippen molar-refractivity contribution in [3.63, 3.8) is 0 Å². The number of carbonyl (C=O) groups excluding carboxylic acids is 2. The first-order valence-electron chi connectivity index (χ1n) is 3.85. The van der Waals surface area contributed by atoms with Crippen molar-refractivity contribution in [2.45, 2.75) is 20.0 Å². The van der Waals surface area contributed by atoms with E-state index >= 15 is 0 Å². The number of hydrogen-bond acceptors (Lipinski definition) is 3. The van der Waals surface area contributed by atoms with Crippen molar-refractivity contribution in [1.82, 2.24) is 0 Å². The first-order valence-corrected chi connectivity index (χ1v) is 3.85. The lowest BCUT2D eigenvalue weighted by atomic mass is 10.3. The highest BCUT2D eigenvalue weighted by Crippen LogP contribution is 1.97. The fourth-order valence-electron chi connectivity index (χ4n) is 0.318. The van der Waals surface area contributed by atoms with E-state index in [1.54, 1.807) is 19.9 Å². The van der Waals surface area contributed by atoms with E-state index in [1.807, 2.05) is 0 Å². The largest absolute Gasteiger partial charge is 0.455 e.